The van der Waals surface area contributed by atoms with E-state index >= 15 is 0 Å². The fourth-order valence-electron chi connectivity index (χ4n) is 0.525. The predicted molar refractivity (Wildman–Crippen MR) is 37.1 cm³/mol. The van der Waals surface area contributed by atoms with Crippen LogP contribution in [0.5, 0.6) is 0 Å². The summed E-state index contributed by atoms with van der Waals surface area (Å²) in [5, 5.41) is 0. The molecule has 0 atom stereocenters. The van der Waals surface area contributed by atoms with Gasteiger partial charge in [0.25, 0.3) is 0 Å². The minimum Gasteiger partial charge on any atom is -0.239 e. The molecule has 0 amide bonds. The van der Waals surface area contributed by atoms with Gasteiger partial charge in [-0.1, -0.05) is 30.0 Å². The van der Waals surface area contributed by atoms with Crippen molar-refractivity contribution in [3.63, 3.8) is 0 Å². The Morgan fingerprint density at radius 1 is 1.56 bits per heavy atom. The van der Waals surface area contributed by atoms with Gasteiger partial charge in [0.05, 0.1) is 0 Å². The zero-order chi connectivity index (χ0) is 6.53. The van der Waals surface area contributed by atoms with E-state index in [-0.39, 0.29) is 6.01 Å². The van der Waals surface area contributed by atoms with Gasteiger partial charge in [-0.05, 0) is 12.1 Å². The predicted octanol–water partition coefficient (Wildman–Crippen LogP) is 2.51. The largest absolute Gasteiger partial charge is 0.239 e. The molecule has 0 fully saturated rings. The second-order valence-electron chi connectivity index (χ2n) is 1.48. The molecule has 9 heavy (non-hydrogen) atoms. The average molecular weight is 141 g/mol. The van der Waals surface area contributed by atoms with Crippen molar-refractivity contribution < 1.29 is 4.39 Å². The maximum Gasteiger partial charge on any atom is 0.139 e. The summed E-state index contributed by atoms with van der Waals surface area (Å²) in [4.78, 5) is 0.861. The Balaban J connectivity index is 2.61. The van der Waals surface area contributed by atoms with E-state index in [9.17, 15) is 4.39 Å². The Labute approximate surface area is 58.1 Å². The van der Waals surface area contributed by atoms with Crippen molar-refractivity contribution in [1.29, 1.82) is 0 Å². The number of thioether (sulfide) groups is 1. The van der Waals surface area contributed by atoms with Crippen LogP contribution in [0.3, 0.4) is 0 Å². The fourth-order valence-corrected chi connectivity index (χ4v) is 0.969. The second-order valence-corrected chi connectivity index (χ2v) is 2.43. The normalized spacial score (nSPS) is 9.44. The second kappa shape index (κ2) is 3.51. The Kier molecular flexibility index (Phi) is 2.58. The number of hydrogen-bond donors (Lipinski definition) is 0. The van der Waals surface area contributed by atoms with Gasteiger partial charge in [0.15, 0.2) is 0 Å². The zero-order valence-electron chi connectivity index (χ0n) is 4.80. The van der Waals surface area contributed by atoms with E-state index in [1.807, 2.05) is 18.2 Å². The van der Waals surface area contributed by atoms with Crippen molar-refractivity contribution in [2.24, 2.45) is 0 Å². The third-order valence-electron chi connectivity index (χ3n) is 0.891. The lowest BCUT2D eigenvalue weighted by atomic mass is 10.4. The molecule has 1 rings (SSSR count). The van der Waals surface area contributed by atoms with Crippen LogP contribution in [0.4, 0.5) is 4.39 Å². The van der Waals surface area contributed by atoms with E-state index in [4.69, 9.17) is 0 Å². The minimum absolute atomic E-state index is 0.374. The molecule has 47 valence electrons. The molecule has 0 nitrogen and oxygen atoms in total. The fraction of sp³-hybridized carbons (Fsp3) is 0.143. The van der Waals surface area contributed by atoms with Crippen molar-refractivity contribution in [2.45, 2.75) is 4.90 Å². The average Bonchev–Trinajstić information content (AvgIpc) is 1.91. The third kappa shape index (κ3) is 2.06. The lowest BCUT2D eigenvalue weighted by molar-refractivity contribution is 0.605. The minimum atomic E-state index is -0.374. The summed E-state index contributed by atoms with van der Waals surface area (Å²) < 4.78 is 11.6. The highest BCUT2D eigenvalue weighted by atomic mass is 32.2. The van der Waals surface area contributed by atoms with Crippen LogP contribution in [-0.4, -0.2) is 6.01 Å². The maximum atomic E-state index is 11.6. The highest BCUT2D eigenvalue weighted by Gasteiger charge is 1.87. The van der Waals surface area contributed by atoms with Gasteiger partial charge in [-0.2, -0.15) is 0 Å². The van der Waals surface area contributed by atoms with Crippen molar-refractivity contribution in [3.8, 4) is 0 Å². The Hall–Kier alpha value is -0.500. The van der Waals surface area contributed by atoms with Gasteiger partial charge in [0, 0.05) is 4.90 Å². The van der Waals surface area contributed by atoms with Crippen LogP contribution >= 0.6 is 11.8 Å². The molecule has 0 aliphatic rings. The zero-order valence-corrected chi connectivity index (χ0v) is 5.62. The molecule has 0 aliphatic carbocycles. The van der Waals surface area contributed by atoms with E-state index in [0.29, 0.717) is 0 Å². The summed E-state index contributed by atoms with van der Waals surface area (Å²) in [6, 6.07) is 9.86. The first-order valence-electron chi connectivity index (χ1n) is 2.59. The molecule has 1 aromatic carbocycles. The van der Waals surface area contributed by atoms with Crippen molar-refractivity contribution in [1.82, 2.24) is 0 Å². The van der Waals surface area contributed by atoms with Crippen LogP contribution in [-0.2, 0) is 0 Å². The van der Waals surface area contributed by atoms with Crippen LogP contribution in [0.2, 0.25) is 0 Å². The summed E-state index contributed by atoms with van der Waals surface area (Å²) in [7, 11) is 0. The molecule has 2 heteroatoms. The molecule has 0 bridgehead atoms. The monoisotopic (exact) mass is 141 g/mol. The molecule has 0 heterocycles. The van der Waals surface area contributed by atoms with Gasteiger partial charge >= 0.3 is 0 Å². The Bertz CT molecular complexity index is 162. The maximum absolute atomic E-state index is 11.6. The molecule has 0 aromatic heterocycles. The van der Waals surface area contributed by atoms with Gasteiger partial charge in [0.1, 0.15) is 6.01 Å². The smallest absolute Gasteiger partial charge is 0.139 e. The summed E-state index contributed by atoms with van der Waals surface area (Å²) >= 11 is 1.15. The molecular formula is C7H6FS. The van der Waals surface area contributed by atoms with E-state index in [0.717, 1.165) is 16.7 Å². The van der Waals surface area contributed by atoms with Crippen LogP contribution in [0.15, 0.2) is 29.2 Å². The van der Waals surface area contributed by atoms with Gasteiger partial charge in [-0.25, -0.2) is 4.39 Å². The SMILES string of the molecule is FCSc1[c]cccc1. The lowest BCUT2D eigenvalue weighted by Gasteiger charge is -1.91. The van der Waals surface area contributed by atoms with Crippen molar-refractivity contribution >= 4 is 11.8 Å². The highest BCUT2D eigenvalue weighted by molar-refractivity contribution is 7.99. The van der Waals surface area contributed by atoms with Gasteiger partial charge in [-0.15, -0.1) is 0 Å². The Morgan fingerprint density at radius 2 is 2.44 bits per heavy atom. The van der Waals surface area contributed by atoms with Crippen molar-refractivity contribution in [3.05, 3.63) is 30.3 Å². The molecule has 1 radical (unpaired) electrons. The number of hydrogen-bond acceptors (Lipinski definition) is 1. The molecule has 0 unspecified atom stereocenters. The van der Waals surface area contributed by atoms with E-state index in [1.165, 1.54) is 0 Å². The molecule has 0 N–H and O–H groups in total. The van der Waals surface area contributed by atoms with Crippen LogP contribution in [0.25, 0.3) is 0 Å². The molecular weight excluding hydrogens is 135 g/mol. The summed E-state index contributed by atoms with van der Waals surface area (Å²) in [5.41, 5.74) is 0. The molecule has 1 aromatic rings. The number of alkyl halides is 1. The number of benzene rings is 1. The third-order valence-corrected chi connectivity index (χ3v) is 1.56. The standard InChI is InChI=1S/C7H6FS/c8-6-9-7-4-2-1-3-5-7/h1-4H,6H2. The van der Waals surface area contributed by atoms with Crippen LogP contribution in [0.1, 0.15) is 0 Å². The summed E-state index contributed by atoms with van der Waals surface area (Å²) in [6.07, 6.45) is 0. The first-order valence-corrected chi connectivity index (χ1v) is 3.57. The van der Waals surface area contributed by atoms with Crippen LogP contribution < -0.4 is 0 Å². The van der Waals surface area contributed by atoms with Gasteiger partial charge in [-0.3, -0.25) is 0 Å². The van der Waals surface area contributed by atoms with E-state index in [2.05, 4.69) is 6.07 Å². The van der Waals surface area contributed by atoms with Gasteiger partial charge < -0.3 is 0 Å². The number of halogens is 1. The summed E-state index contributed by atoms with van der Waals surface area (Å²) in [5.74, 6) is 0. The quantitative estimate of drug-likeness (QED) is 0.570. The first-order chi connectivity index (χ1) is 4.43. The molecule has 0 saturated carbocycles. The van der Waals surface area contributed by atoms with E-state index in [1.54, 1.807) is 6.07 Å². The molecule has 0 spiro atoms. The van der Waals surface area contributed by atoms with Crippen molar-refractivity contribution in [2.75, 3.05) is 6.01 Å². The van der Waals surface area contributed by atoms with Crippen LogP contribution in [0, 0.1) is 6.07 Å². The molecule has 0 saturated heterocycles. The Morgan fingerprint density at radius 3 is 3.00 bits per heavy atom. The topological polar surface area (TPSA) is 0 Å². The number of rotatable bonds is 2. The molecule has 0 aliphatic heterocycles. The first kappa shape index (κ1) is 6.62. The summed E-state index contributed by atoms with van der Waals surface area (Å²) in [6.45, 7) is 0. The van der Waals surface area contributed by atoms with Gasteiger partial charge in [0.2, 0.25) is 0 Å². The highest BCUT2D eigenvalue weighted by Crippen LogP contribution is 2.15. The van der Waals surface area contributed by atoms with E-state index < -0.39 is 0 Å². The lowest BCUT2D eigenvalue weighted by Crippen LogP contribution is -1.68.